The van der Waals surface area contributed by atoms with Crippen molar-refractivity contribution in [1.29, 1.82) is 0 Å². The van der Waals surface area contributed by atoms with Gasteiger partial charge in [0, 0.05) is 24.4 Å². The lowest BCUT2D eigenvalue weighted by Crippen LogP contribution is -2.57. The van der Waals surface area contributed by atoms with Crippen molar-refractivity contribution in [3.05, 3.63) is 30.1 Å². The summed E-state index contributed by atoms with van der Waals surface area (Å²) in [6, 6.07) is 3.88. The number of pyridine rings is 1. The Kier molecular flexibility index (Phi) is 6.39. The normalized spacial score (nSPS) is 22.7. The van der Waals surface area contributed by atoms with Crippen molar-refractivity contribution in [2.24, 2.45) is 11.3 Å². The molecule has 1 saturated heterocycles. The molecule has 0 spiro atoms. The van der Waals surface area contributed by atoms with Gasteiger partial charge in [0.25, 0.3) is 5.91 Å². The van der Waals surface area contributed by atoms with E-state index in [4.69, 9.17) is 0 Å². The first-order valence-electron chi connectivity index (χ1n) is 9.63. The summed E-state index contributed by atoms with van der Waals surface area (Å²) < 4.78 is 0. The van der Waals surface area contributed by atoms with E-state index in [1.54, 1.807) is 27.0 Å². The molecule has 6 nitrogen and oxygen atoms in total. The molecule has 2 heterocycles. The highest BCUT2D eigenvalue weighted by Crippen LogP contribution is 2.39. The molecule has 1 unspecified atom stereocenters. The van der Waals surface area contributed by atoms with Gasteiger partial charge < -0.3 is 10.0 Å². The van der Waals surface area contributed by atoms with Crippen molar-refractivity contribution in [3.8, 4) is 0 Å². The highest BCUT2D eigenvalue weighted by molar-refractivity contribution is 6.38. The number of carboxylic acid groups (broad SMARTS) is 1. The lowest BCUT2D eigenvalue weighted by molar-refractivity contribution is -0.162. The summed E-state index contributed by atoms with van der Waals surface area (Å²) in [4.78, 5) is 42.9. The molecule has 0 bridgehead atoms. The predicted molar refractivity (Wildman–Crippen MR) is 102 cm³/mol. The monoisotopic (exact) mass is 374 g/mol. The van der Waals surface area contributed by atoms with Crippen LogP contribution in [0.15, 0.2) is 24.5 Å². The van der Waals surface area contributed by atoms with Crippen LogP contribution in [0.3, 0.4) is 0 Å². The zero-order chi connectivity index (χ0) is 20.2. The molecule has 6 heteroatoms. The number of likely N-dealkylation sites (tertiary alicyclic amines) is 1. The lowest BCUT2D eigenvalue weighted by Gasteiger charge is -2.36. The van der Waals surface area contributed by atoms with Crippen LogP contribution < -0.4 is 0 Å². The number of carbonyl (C=O) groups excluding carboxylic acids is 2. The van der Waals surface area contributed by atoms with Crippen molar-refractivity contribution >= 4 is 17.7 Å². The second-order valence-electron chi connectivity index (χ2n) is 8.22. The summed E-state index contributed by atoms with van der Waals surface area (Å²) in [5.74, 6) is -2.38. The number of ketones is 1. The number of carboxylic acids is 1. The van der Waals surface area contributed by atoms with Gasteiger partial charge in [0.05, 0.1) is 0 Å². The van der Waals surface area contributed by atoms with Crippen molar-refractivity contribution in [3.63, 3.8) is 0 Å². The third kappa shape index (κ3) is 4.20. The van der Waals surface area contributed by atoms with Crippen LogP contribution in [0.4, 0.5) is 0 Å². The van der Waals surface area contributed by atoms with Gasteiger partial charge in [0.1, 0.15) is 5.54 Å². The quantitative estimate of drug-likeness (QED) is 0.707. The summed E-state index contributed by atoms with van der Waals surface area (Å²) in [6.07, 6.45) is 6.98. The summed E-state index contributed by atoms with van der Waals surface area (Å²) in [6.45, 7) is 7.21. The molecule has 0 saturated carbocycles. The van der Waals surface area contributed by atoms with Crippen LogP contribution in [-0.4, -0.2) is 44.7 Å². The molecule has 0 radical (unpaired) electrons. The number of hydrogen-bond donors (Lipinski definition) is 1. The van der Waals surface area contributed by atoms with E-state index in [1.807, 2.05) is 25.3 Å². The van der Waals surface area contributed by atoms with Gasteiger partial charge in [-0.3, -0.25) is 14.6 Å². The van der Waals surface area contributed by atoms with Crippen molar-refractivity contribution in [1.82, 2.24) is 9.88 Å². The fraction of sp³-hybridized carbons (Fsp3) is 0.619. The van der Waals surface area contributed by atoms with Gasteiger partial charge in [0.2, 0.25) is 5.78 Å². The molecule has 1 fully saturated rings. The Morgan fingerprint density at radius 3 is 2.63 bits per heavy atom. The second kappa shape index (κ2) is 8.19. The second-order valence-corrected chi connectivity index (χ2v) is 8.22. The molecule has 1 N–H and O–H groups in total. The van der Waals surface area contributed by atoms with Gasteiger partial charge in [0.15, 0.2) is 0 Å². The smallest absolute Gasteiger partial charge is 0.329 e. The Morgan fingerprint density at radius 2 is 2.07 bits per heavy atom. The average molecular weight is 374 g/mol. The van der Waals surface area contributed by atoms with Gasteiger partial charge in [-0.2, -0.15) is 0 Å². The third-order valence-corrected chi connectivity index (χ3v) is 6.17. The predicted octanol–water partition coefficient (Wildman–Crippen LogP) is 3.10. The number of Topliss-reactive ketones (excluding diaryl/α,β-unsaturated/α-hetero) is 1. The SMILES string of the molecule is CCC(C)(C)C(=O)C(=O)N1CCC(CCCc2cccnc2)[C@@]1(C)C(=O)O. The van der Waals surface area contributed by atoms with Crippen LogP contribution in [-0.2, 0) is 20.8 Å². The molecule has 148 valence electrons. The first-order valence-corrected chi connectivity index (χ1v) is 9.63. The number of carbonyl (C=O) groups is 3. The minimum Gasteiger partial charge on any atom is -0.479 e. The highest BCUT2D eigenvalue weighted by Gasteiger charge is 2.54. The molecule has 27 heavy (non-hydrogen) atoms. The number of nitrogens with zero attached hydrogens (tertiary/aromatic N) is 2. The first kappa shape index (κ1) is 21.1. The molecule has 1 aliphatic rings. The maximum Gasteiger partial charge on any atom is 0.329 e. The maximum absolute atomic E-state index is 12.8. The molecule has 1 amide bonds. The maximum atomic E-state index is 12.8. The van der Waals surface area contributed by atoms with Crippen molar-refractivity contribution in [2.45, 2.75) is 65.3 Å². The number of aryl methyl sites for hydroxylation is 1. The van der Waals surface area contributed by atoms with E-state index >= 15 is 0 Å². The van der Waals surface area contributed by atoms with E-state index in [0.717, 1.165) is 18.4 Å². The molecular weight excluding hydrogens is 344 g/mol. The van der Waals surface area contributed by atoms with E-state index in [1.165, 1.54) is 4.90 Å². The Hall–Kier alpha value is -2.24. The lowest BCUT2D eigenvalue weighted by atomic mass is 9.81. The van der Waals surface area contributed by atoms with Gasteiger partial charge >= 0.3 is 5.97 Å². The van der Waals surface area contributed by atoms with Crippen LogP contribution in [0.2, 0.25) is 0 Å². The molecule has 0 aromatic carbocycles. The molecule has 0 aliphatic carbocycles. The third-order valence-electron chi connectivity index (χ3n) is 6.17. The van der Waals surface area contributed by atoms with Crippen LogP contribution >= 0.6 is 0 Å². The first-order chi connectivity index (χ1) is 12.6. The molecule has 2 atom stereocenters. The Bertz CT molecular complexity index is 701. The van der Waals surface area contributed by atoms with Gasteiger partial charge in [-0.25, -0.2) is 4.79 Å². The molecular formula is C21H30N2O4. The number of aliphatic carboxylic acids is 1. The standard InChI is InChI=1S/C21H30N2O4/c1-5-20(2,3)17(24)18(25)23-13-11-16(21(23,4)19(26)27)10-6-8-15-9-7-12-22-14-15/h7,9,12,14,16H,5-6,8,10-11,13H2,1-4H3,(H,26,27)/t16?,21-/m0/s1. The fourth-order valence-corrected chi connectivity index (χ4v) is 3.72. The van der Waals surface area contributed by atoms with Gasteiger partial charge in [-0.15, -0.1) is 0 Å². The summed E-state index contributed by atoms with van der Waals surface area (Å²) in [5, 5.41) is 9.91. The Morgan fingerprint density at radius 1 is 1.37 bits per heavy atom. The molecule has 2 rings (SSSR count). The van der Waals surface area contributed by atoms with E-state index in [2.05, 4.69) is 4.98 Å². The van der Waals surface area contributed by atoms with E-state index < -0.39 is 28.6 Å². The zero-order valence-corrected chi connectivity index (χ0v) is 16.7. The summed E-state index contributed by atoms with van der Waals surface area (Å²) in [5.41, 5.74) is -1.01. The minimum absolute atomic E-state index is 0.173. The van der Waals surface area contributed by atoms with Crippen LogP contribution in [0.25, 0.3) is 0 Å². The number of hydrogen-bond acceptors (Lipinski definition) is 4. The van der Waals surface area contributed by atoms with E-state index in [0.29, 0.717) is 25.8 Å². The van der Waals surface area contributed by atoms with E-state index in [9.17, 15) is 19.5 Å². The van der Waals surface area contributed by atoms with E-state index in [-0.39, 0.29) is 5.92 Å². The number of amides is 1. The van der Waals surface area contributed by atoms with Crippen LogP contribution in [0.5, 0.6) is 0 Å². The molecule has 1 aliphatic heterocycles. The molecule has 1 aromatic rings. The van der Waals surface area contributed by atoms with Crippen LogP contribution in [0, 0.1) is 11.3 Å². The summed E-state index contributed by atoms with van der Waals surface area (Å²) >= 11 is 0. The Balaban J connectivity index is 2.11. The molecule has 1 aromatic heterocycles. The van der Waals surface area contributed by atoms with Gasteiger partial charge in [-0.1, -0.05) is 26.8 Å². The summed E-state index contributed by atoms with van der Waals surface area (Å²) in [7, 11) is 0. The Labute approximate surface area is 161 Å². The fourth-order valence-electron chi connectivity index (χ4n) is 3.72. The van der Waals surface area contributed by atoms with Gasteiger partial charge in [-0.05, 0) is 56.6 Å². The number of aromatic nitrogens is 1. The largest absolute Gasteiger partial charge is 0.479 e. The highest BCUT2D eigenvalue weighted by atomic mass is 16.4. The topological polar surface area (TPSA) is 87.6 Å². The van der Waals surface area contributed by atoms with Crippen LogP contribution in [0.1, 0.15) is 58.9 Å². The van der Waals surface area contributed by atoms with Crippen molar-refractivity contribution in [2.75, 3.05) is 6.54 Å². The zero-order valence-electron chi connectivity index (χ0n) is 16.7. The van der Waals surface area contributed by atoms with Crippen molar-refractivity contribution < 1.29 is 19.5 Å². The number of rotatable bonds is 8. The minimum atomic E-state index is -1.34. The average Bonchev–Trinajstić information content (AvgIpc) is 2.99.